The van der Waals surface area contributed by atoms with Gasteiger partial charge < -0.3 is 14.6 Å². The third-order valence-electron chi connectivity index (χ3n) is 5.05. The Morgan fingerprint density at radius 1 is 1.17 bits per heavy atom. The second kappa shape index (κ2) is 8.41. The van der Waals surface area contributed by atoms with Crippen molar-refractivity contribution in [2.24, 2.45) is 7.05 Å². The molecule has 1 aromatic carbocycles. The maximum Gasteiger partial charge on any atom is 0.354 e. The van der Waals surface area contributed by atoms with Crippen molar-refractivity contribution < 1.29 is 27.5 Å². The summed E-state index contributed by atoms with van der Waals surface area (Å²) in [7, 11) is -1.23. The molecule has 1 aliphatic heterocycles. The van der Waals surface area contributed by atoms with E-state index in [1.54, 1.807) is 31.3 Å². The lowest BCUT2D eigenvalue weighted by molar-refractivity contribution is -0.119. The molecule has 10 heteroatoms. The molecule has 0 spiro atoms. The van der Waals surface area contributed by atoms with Crippen LogP contribution in [-0.4, -0.2) is 54.6 Å². The molecule has 2 heterocycles. The summed E-state index contributed by atoms with van der Waals surface area (Å²) >= 11 is 0. The van der Waals surface area contributed by atoms with Crippen molar-refractivity contribution in [3.05, 3.63) is 47.8 Å². The van der Waals surface area contributed by atoms with E-state index < -0.39 is 27.9 Å². The van der Waals surface area contributed by atoms with Gasteiger partial charge in [-0.15, -0.1) is 0 Å². The van der Waals surface area contributed by atoms with Crippen LogP contribution in [0.3, 0.4) is 0 Å². The fourth-order valence-electron chi connectivity index (χ4n) is 3.42. The summed E-state index contributed by atoms with van der Waals surface area (Å²) < 4.78 is 33.5. The van der Waals surface area contributed by atoms with Gasteiger partial charge in [0.2, 0.25) is 15.9 Å². The molecule has 1 saturated heterocycles. The average Bonchev–Trinajstić information content (AvgIpc) is 3.35. The van der Waals surface area contributed by atoms with Crippen LogP contribution < -0.4 is 5.32 Å². The zero-order chi connectivity index (χ0) is 22.1. The predicted octanol–water partition coefficient (Wildman–Crippen LogP) is 1.81. The van der Waals surface area contributed by atoms with Gasteiger partial charge in [-0.05, 0) is 50.1 Å². The number of Topliss-reactive ketones (excluding diaryl/α,β-unsaturated/α-hetero) is 1. The van der Waals surface area contributed by atoms with E-state index in [-0.39, 0.29) is 22.9 Å². The van der Waals surface area contributed by atoms with E-state index in [1.165, 1.54) is 30.9 Å². The van der Waals surface area contributed by atoms with Crippen molar-refractivity contribution in [1.29, 1.82) is 0 Å². The van der Waals surface area contributed by atoms with E-state index in [9.17, 15) is 22.8 Å². The summed E-state index contributed by atoms with van der Waals surface area (Å²) in [4.78, 5) is 35.9. The molecule has 0 bridgehead atoms. The summed E-state index contributed by atoms with van der Waals surface area (Å²) in [6, 6.07) is 6.77. The molecule has 3 rings (SSSR count). The number of sulfonamides is 1. The molecule has 0 saturated carbocycles. The van der Waals surface area contributed by atoms with E-state index in [1.807, 2.05) is 0 Å². The van der Waals surface area contributed by atoms with Gasteiger partial charge in [0.15, 0.2) is 5.78 Å². The van der Waals surface area contributed by atoms with Crippen molar-refractivity contribution in [3.8, 4) is 0 Å². The van der Waals surface area contributed by atoms with Crippen LogP contribution >= 0.6 is 0 Å². The molecule has 160 valence electrons. The van der Waals surface area contributed by atoms with Gasteiger partial charge in [0.25, 0.3) is 0 Å². The summed E-state index contributed by atoms with van der Waals surface area (Å²) in [5, 5.41) is 2.71. The van der Waals surface area contributed by atoms with Gasteiger partial charge in [0.1, 0.15) is 16.6 Å². The number of esters is 1. The number of ether oxygens (including phenoxy) is 1. The van der Waals surface area contributed by atoms with Crippen molar-refractivity contribution in [2.75, 3.05) is 19.0 Å². The Morgan fingerprint density at radius 3 is 2.43 bits per heavy atom. The third-order valence-corrected chi connectivity index (χ3v) is 6.92. The Labute approximate surface area is 174 Å². The lowest BCUT2D eigenvalue weighted by Gasteiger charge is -2.23. The number of nitrogens with one attached hydrogen (secondary N) is 1. The van der Waals surface area contributed by atoms with Crippen LogP contribution in [0.15, 0.2) is 41.4 Å². The van der Waals surface area contributed by atoms with Gasteiger partial charge in [0.05, 0.1) is 7.11 Å². The van der Waals surface area contributed by atoms with Gasteiger partial charge in [-0.2, -0.15) is 4.31 Å². The Kier molecular flexibility index (Phi) is 6.09. The maximum absolute atomic E-state index is 13.1. The van der Waals surface area contributed by atoms with E-state index in [0.29, 0.717) is 24.1 Å². The largest absolute Gasteiger partial charge is 0.464 e. The highest BCUT2D eigenvalue weighted by Gasteiger charge is 2.40. The second-order valence-electron chi connectivity index (χ2n) is 7.06. The fourth-order valence-corrected chi connectivity index (χ4v) is 5.15. The number of nitrogens with zero attached hydrogens (tertiary/aromatic N) is 2. The van der Waals surface area contributed by atoms with Crippen molar-refractivity contribution in [3.63, 3.8) is 0 Å². The molecule has 0 radical (unpaired) electrons. The molecule has 0 unspecified atom stereocenters. The zero-order valence-corrected chi connectivity index (χ0v) is 17.7. The molecule has 2 aromatic rings. The molecule has 1 aromatic heterocycles. The highest BCUT2D eigenvalue weighted by atomic mass is 32.2. The van der Waals surface area contributed by atoms with Crippen LogP contribution in [0, 0.1) is 0 Å². The predicted molar refractivity (Wildman–Crippen MR) is 109 cm³/mol. The fraction of sp³-hybridized carbons (Fsp3) is 0.350. The molecular weight excluding hydrogens is 410 g/mol. The lowest BCUT2D eigenvalue weighted by Crippen LogP contribution is -2.43. The number of methoxy groups -OCH3 is 1. The monoisotopic (exact) mass is 433 g/mol. The normalized spacial score (nSPS) is 17.0. The first-order chi connectivity index (χ1) is 14.1. The summed E-state index contributed by atoms with van der Waals surface area (Å²) in [6.45, 7) is 1.65. The molecule has 9 nitrogen and oxygen atoms in total. The number of carbonyl (C=O) groups is 3. The number of ketones is 1. The van der Waals surface area contributed by atoms with E-state index in [2.05, 4.69) is 10.1 Å². The Hall–Kier alpha value is -2.98. The minimum Gasteiger partial charge on any atom is -0.464 e. The average molecular weight is 433 g/mol. The van der Waals surface area contributed by atoms with Gasteiger partial charge in [-0.3, -0.25) is 9.59 Å². The third kappa shape index (κ3) is 4.14. The second-order valence-corrected chi connectivity index (χ2v) is 8.95. The van der Waals surface area contributed by atoms with E-state index in [4.69, 9.17) is 0 Å². The van der Waals surface area contributed by atoms with Crippen LogP contribution in [0.2, 0.25) is 0 Å². The van der Waals surface area contributed by atoms with E-state index >= 15 is 0 Å². The van der Waals surface area contributed by atoms with Gasteiger partial charge in [-0.25, -0.2) is 13.2 Å². The highest BCUT2D eigenvalue weighted by molar-refractivity contribution is 7.89. The number of rotatable bonds is 6. The first kappa shape index (κ1) is 21.7. The number of hydrogen-bond acceptors (Lipinski definition) is 6. The van der Waals surface area contributed by atoms with Gasteiger partial charge in [0, 0.05) is 31.0 Å². The summed E-state index contributed by atoms with van der Waals surface area (Å²) in [5.41, 5.74) is 1.09. The van der Waals surface area contributed by atoms with Gasteiger partial charge >= 0.3 is 5.97 Å². The van der Waals surface area contributed by atoms with Crippen LogP contribution in [0.4, 0.5) is 5.69 Å². The van der Waals surface area contributed by atoms with Crippen LogP contribution in [0.1, 0.15) is 40.6 Å². The first-order valence-corrected chi connectivity index (χ1v) is 10.8. The minimum absolute atomic E-state index is 0.0732. The Morgan fingerprint density at radius 2 is 1.83 bits per heavy atom. The van der Waals surface area contributed by atoms with Crippen LogP contribution in [-0.2, 0) is 26.6 Å². The molecule has 0 aliphatic carbocycles. The first-order valence-electron chi connectivity index (χ1n) is 9.33. The lowest BCUT2D eigenvalue weighted by atomic mass is 10.1. The number of benzene rings is 1. The highest BCUT2D eigenvalue weighted by Crippen LogP contribution is 2.28. The minimum atomic E-state index is -3.99. The quantitative estimate of drug-likeness (QED) is 0.549. The zero-order valence-electron chi connectivity index (χ0n) is 16.9. The van der Waals surface area contributed by atoms with Crippen LogP contribution in [0.25, 0.3) is 0 Å². The Balaban J connectivity index is 1.81. The molecule has 1 aliphatic rings. The number of anilines is 1. The number of amides is 1. The maximum atomic E-state index is 13.1. The molecule has 1 fully saturated rings. The molecule has 1 amide bonds. The van der Waals surface area contributed by atoms with Crippen molar-refractivity contribution >= 4 is 33.4 Å². The number of hydrogen-bond donors (Lipinski definition) is 1. The number of carbonyl (C=O) groups excluding carboxylic acids is 3. The molecule has 30 heavy (non-hydrogen) atoms. The number of aryl methyl sites for hydroxylation is 1. The van der Waals surface area contributed by atoms with Crippen molar-refractivity contribution in [2.45, 2.75) is 30.7 Å². The summed E-state index contributed by atoms with van der Waals surface area (Å²) in [6.07, 6.45) is 2.25. The standard InChI is InChI=1S/C20H23N3O6S/c1-13(24)14-6-8-15(9-7-14)21-19(25)17-5-4-10-23(17)30(27,28)16-11-18(20(26)29-3)22(2)12-16/h6-9,11-12,17H,4-5,10H2,1-3H3,(H,21,25)/t17-/m0/s1. The number of aromatic nitrogens is 1. The summed E-state index contributed by atoms with van der Waals surface area (Å²) in [5.74, 6) is -1.19. The Bertz CT molecular complexity index is 1090. The molecular formula is C20H23N3O6S. The SMILES string of the molecule is COC(=O)c1cc(S(=O)(=O)N2CCC[C@H]2C(=O)Nc2ccc(C(C)=O)cc2)cn1C. The van der Waals surface area contributed by atoms with E-state index in [0.717, 1.165) is 4.31 Å². The smallest absolute Gasteiger partial charge is 0.354 e. The van der Waals surface area contributed by atoms with Gasteiger partial charge in [-0.1, -0.05) is 0 Å². The topological polar surface area (TPSA) is 115 Å². The molecule has 1 N–H and O–H groups in total. The molecule has 1 atom stereocenters. The van der Waals surface area contributed by atoms with Crippen LogP contribution in [0.5, 0.6) is 0 Å². The van der Waals surface area contributed by atoms with Crippen molar-refractivity contribution in [1.82, 2.24) is 8.87 Å².